The lowest BCUT2D eigenvalue weighted by atomic mass is 10.0. The molecule has 0 atom stereocenters. The second kappa shape index (κ2) is 7.32. The van der Waals surface area contributed by atoms with Gasteiger partial charge in [0, 0.05) is 23.1 Å². The van der Waals surface area contributed by atoms with Crippen LogP contribution in [0.25, 0.3) is 27.7 Å². The summed E-state index contributed by atoms with van der Waals surface area (Å²) in [5.74, 6) is 0.696. The Hall–Kier alpha value is -3.21. The number of hydrogen-bond acceptors (Lipinski definition) is 6. The smallest absolute Gasteiger partial charge is 0.408 e. The van der Waals surface area contributed by atoms with Crippen LogP contribution in [0.5, 0.6) is 5.75 Å². The maximum atomic E-state index is 12.8. The summed E-state index contributed by atoms with van der Waals surface area (Å²) in [6.45, 7) is -0.812. The standard InChI is InChI=1S/C18H15F3N6OS/c19-18(20,21)8-27-16(24-9-25-27)17-26-15-12-2-1-10(11(6-22)7-23)5-13(12)28-4-3-14(15)29-17/h1-2,5-7,9,22H,3-4,8,23H2/p+1/b11-7+,22-6?. The van der Waals surface area contributed by atoms with Crippen molar-refractivity contribution in [3.63, 3.8) is 0 Å². The van der Waals surface area contributed by atoms with Crippen molar-refractivity contribution >= 4 is 23.1 Å². The third-order valence-corrected chi connectivity index (χ3v) is 5.46. The average Bonchev–Trinajstić information content (AvgIpc) is 3.25. The number of ether oxygens (including phenoxy) is 1. The quantitative estimate of drug-likeness (QED) is 0.624. The molecule has 4 rings (SSSR count). The number of halogens is 3. The summed E-state index contributed by atoms with van der Waals surface area (Å²) >= 11 is 1.29. The lowest BCUT2D eigenvalue weighted by molar-refractivity contribution is -0.142. The molecule has 11 heteroatoms. The summed E-state index contributed by atoms with van der Waals surface area (Å²) in [7, 11) is 0. The fourth-order valence-electron chi connectivity index (χ4n) is 3.06. The van der Waals surface area contributed by atoms with Gasteiger partial charge in [0.2, 0.25) is 0 Å². The molecule has 0 bridgehead atoms. The molecule has 0 saturated carbocycles. The maximum Gasteiger partial charge on any atom is 0.408 e. The first-order valence-electron chi connectivity index (χ1n) is 8.58. The Labute approximate surface area is 167 Å². The highest BCUT2D eigenvalue weighted by Crippen LogP contribution is 2.40. The van der Waals surface area contributed by atoms with E-state index in [0.29, 0.717) is 35.1 Å². The van der Waals surface area contributed by atoms with Crippen LogP contribution in [0.1, 0.15) is 10.4 Å². The number of alkyl halides is 3. The van der Waals surface area contributed by atoms with Crippen LogP contribution in [0.2, 0.25) is 0 Å². The van der Waals surface area contributed by atoms with Crippen molar-refractivity contribution in [2.45, 2.75) is 19.1 Å². The van der Waals surface area contributed by atoms with Crippen molar-refractivity contribution in [1.29, 1.82) is 0 Å². The molecule has 4 N–H and O–H groups in total. The molecule has 0 aliphatic carbocycles. The number of fused-ring (bicyclic) bond motifs is 3. The second-order valence-corrected chi connectivity index (χ2v) is 7.33. The zero-order chi connectivity index (χ0) is 20.6. The van der Waals surface area contributed by atoms with Gasteiger partial charge in [-0.15, -0.1) is 11.3 Å². The van der Waals surface area contributed by atoms with Gasteiger partial charge in [0.15, 0.2) is 17.0 Å². The first-order valence-corrected chi connectivity index (χ1v) is 9.40. The van der Waals surface area contributed by atoms with Crippen LogP contribution in [-0.4, -0.2) is 38.7 Å². The van der Waals surface area contributed by atoms with Gasteiger partial charge in [-0.3, -0.25) is 5.41 Å². The molecule has 0 radical (unpaired) electrons. The first-order chi connectivity index (χ1) is 13.9. The Morgan fingerprint density at radius 3 is 2.93 bits per heavy atom. The number of nitrogens with two attached hydrogens (primary N) is 2. The highest BCUT2D eigenvalue weighted by Gasteiger charge is 2.31. The molecule has 150 valence electrons. The van der Waals surface area contributed by atoms with Crippen LogP contribution in [0, 0.1) is 0 Å². The number of nitrogens with zero attached hydrogens (tertiary/aromatic N) is 4. The Morgan fingerprint density at radius 2 is 2.21 bits per heavy atom. The minimum Gasteiger partial charge on any atom is -0.492 e. The van der Waals surface area contributed by atoms with E-state index >= 15 is 0 Å². The van der Waals surface area contributed by atoms with E-state index in [9.17, 15) is 13.2 Å². The topological polar surface area (TPSA) is 104 Å². The fraction of sp³-hybridized carbons (Fsp3) is 0.222. The molecule has 3 heterocycles. The maximum absolute atomic E-state index is 12.8. The van der Waals surface area contributed by atoms with Crippen LogP contribution in [-0.2, 0) is 13.0 Å². The van der Waals surface area contributed by atoms with Crippen molar-refractivity contribution in [3.05, 3.63) is 41.2 Å². The number of benzene rings is 1. The van der Waals surface area contributed by atoms with Crippen LogP contribution in [0.4, 0.5) is 13.2 Å². The highest BCUT2D eigenvalue weighted by atomic mass is 32.1. The van der Waals surface area contributed by atoms with E-state index in [-0.39, 0.29) is 5.82 Å². The number of thiazole rings is 1. The van der Waals surface area contributed by atoms with Crippen LogP contribution < -0.4 is 15.9 Å². The largest absolute Gasteiger partial charge is 0.492 e. The Kier molecular flexibility index (Phi) is 4.82. The molecule has 2 aromatic heterocycles. The number of hydrogen-bond donors (Lipinski definition) is 2. The Morgan fingerprint density at radius 1 is 1.38 bits per heavy atom. The van der Waals surface area contributed by atoms with Crippen molar-refractivity contribution in [2.24, 2.45) is 5.73 Å². The summed E-state index contributed by atoms with van der Waals surface area (Å²) in [5, 5.41) is 9.67. The van der Waals surface area contributed by atoms with Gasteiger partial charge in [0.25, 0.3) is 0 Å². The predicted molar refractivity (Wildman–Crippen MR) is 102 cm³/mol. The van der Waals surface area contributed by atoms with E-state index in [1.807, 2.05) is 18.2 Å². The SMILES string of the molecule is N/C=C(\C=[NH2+])c1ccc2c(c1)OCCc1sc(-c3ncnn3CC(F)(F)F)nc1-2. The van der Waals surface area contributed by atoms with E-state index in [1.54, 1.807) is 0 Å². The third-order valence-electron chi connectivity index (χ3n) is 4.35. The molecule has 29 heavy (non-hydrogen) atoms. The number of rotatable bonds is 4. The van der Waals surface area contributed by atoms with E-state index in [1.165, 1.54) is 23.8 Å². The first kappa shape index (κ1) is 19.1. The van der Waals surface area contributed by atoms with Crippen molar-refractivity contribution in [2.75, 3.05) is 6.61 Å². The minimum atomic E-state index is -4.40. The summed E-state index contributed by atoms with van der Waals surface area (Å²) in [4.78, 5) is 9.47. The summed E-state index contributed by atoms with van der Waals surface area (Å²) < 4.78 is 45.1. The second-order valence-electron chi connectivity index (χ2n) is 6.25. The van der Waals surface area contributed by atoms with Gasteiger partial charge >= 0.3 is 6.18 Å². The fourth-order valence-corrected chi connectivity index (χ4v) is 4.12. The predicted octanol–water partition coefficient (Wildman–Crippen LogP) is 1.70. The van der Waals surface area contributed by atoms with Crippen LogP contribution in [0.3, 0.4) is 0 Å². The summed E-state index contributed by atoms with van der Waals surface area (Å²) in [5.41, 5.74) is 8.45. The molecule has 0 amide bonds. The van der Waals surface area contributed by atoms with E-state index < -0.39 is 12.7 Å². The van der Waals surface area contributed by atoms with Gasteiger partial charge in [-0.25, -0.2) is 14.6 Å². The molecular weight excluding hydrogens is 405 g/mol. The molecule has 7 nitrogen and oxygen atoms in total. The van der Waals surface area contributed by atoms with Gasteiger partial charge in [0.05, 0.1) is 17.9 Å². The van der Waals surface area contributed by atoms with Gasteiger partial charge in [-0.1, -0.05) is 6.07 Å². The number of allylic oxidation sites excluding steroid dienone is 1. The highest BCUT2D eigenvalue weighted by molar-refractivity contribution is 7.15. The monoisotopic (exact) mass is 421 g/mol. The van der Waals surface area contributed by atoms with Gasteiger partial charge in [-0.2, -0.15) is 18.3 Å². The normalized spacial score (nSPS) is 14.0. The molecule has 0 unspecified atom stereocenters. The minimum absolute atomic E-state index is 0.0885. The molecule has 0 fully saturated rings. The summed E-state index contributed by atoms with van der Waals surface area (Å²) in [6.07, 6.45) is 0.0759. The lowest BCUT2D eigenvalue weighted by Gasteiger charge is -2.09. The van der Waals surface area contributed by atoms with Crippen molar-refractivity contribution < 1.29 is 23.3 Å². The van der Waals surface area contributed by atoms with Crippen LogP contribution in [0.15, 0.2) is 30.7 Å². The van der Waals surface area contributed by atoms with Crippen molar-refractivity contribution in [3.8, 4) is 27.8 Å². The zero-order valence-electron chi connectivity index (χ0n) is 15.0. The summed E-state index contributed by atoms with van der Waals surface area (Å²) in [6, 6.07) is 5.49. The average molecular weight is 421 g/mol. The van der Waals surface area contributed by atoms with Gasteiger partial charge < -0.3 is 10.5 Å². The zero-order valence-corrected chi connectivity index (χ0v) is 15.8. The van der Waals surface area contributed by atoms with E-state index in [0.717, 1.165) is 27.0 Å². The molecular formula is C18H16F3N6OS+. The van der Waals surface area contributed by atoms with E-state index in [2.05, 4.69) is 15.1 Å². The van der Waals surface area contributed by atoms with Crippen molar-refractivity contribution in [1.82, 2.24) is 19.7 Å². The third kappa shape index (κ3) is 3.73. The molecule has 1 aliphatic heterocycles. The van der Waals surface area contributed by atoms with E-state index in [4.69, 9.17) is 15.9 Å². The lowest BCUT2D eigenvalue weighted by Crippen LogP contribution is -2.30. The Balaban J connectivity index is 1.76. The Bertz CT molecular complexity index is 1100. The van der Waals surface area contributed by atoms with Gasteiger partial charge in [-0.05, 0) is 17.7 Å². The molecule has 3 aromatic rings. The number of aromatic nitrogens is 4. The molecule has 1 aromatic carbocycles. The van der Waals surface area contributed by atoms with Gasteiger partial charge in [0.1, 0.15) is 18.6 Å². The van der Waals surface area contributed by atoms with Crippen LogP contribution >= 0.6 is 11.3 Å². The molecule has 0 saturated heterocycles. The molecule has 1 aliphatic rings. The molecule has 0 spiro atoms.